The molecule has 0 aromatic heterocycles. The Morgan fingerprint density at radius 1 is 1.40 bits per heavy atom. The third-order valence-corrected chi connectivity index (χ3v) is 1.96. The van der Waals surface area contributed by atoms with Crippen molar-refractivity contribution in [2.45, 2.75) is 32.2 Å². The number of hydrogen-bond donors (Lipinski definition) is 0. The number of rotatable bonds is 2. The van der Waals surface area contributed by atoms with Crippen LogP contribution in [-0.4, -0.2) is 41.6 Å². The van der Waals surface area contributed by atoms with E-state index in [4.69, 9.17) is 19.7 Å². The highest BCUT2D eigenvalue weighted by atomic mass is 16.7. The first kappa shape index (κ1) is 11.8. The maximum atomic E-state index is 11.0. The monoisotopic (exact) mass is 214 g/mol. The molecular weight excluding hydrogens is 200 g/mol. The minimum Gasteiger partial charge on any atom is -0.446 e. The van der Waals surface area contributed by atoms with Crippen molar-refractivity contribution in [1.82, 2.24) is 0 Å². The van der Waals surface area contributed by atoms with Gasteiger partial charge in [-0.15, -0.1) is 0 Å². The molecule has 0 unspecified atom stereocenters. The largest absolute Gasteiger partial charge is 0.446 e. The van der Waals surface area contributed by atoms with Crippen molar-refractivity contribution in [2.24, 2.45) is 0 Å². The Morgan fingerprint density at radius 2 is 1.93 bits per heavy atom. The van der Waals surface area contributed by atoms with Crippen LogP contribution >= 0.6 is 0 Å². The summed E-state index contributed by atoms with van der Waals surface area (Å²) in [7, 11) is 0. The summed E-state index contributed by atoms with van der Waals surface area (Å²) in [5.74, 6) is -1.39. The van der Waals surface area contributed by atoms with E-state index in [2.05, 4.69) is 4.79 Å². The van der Waals surface area contributed by atoms with Crippen LogP contribution in [0.15, 0.2) is 0 Å². The van der Waals surface area contributed by atoms with Crippen LogP contribution in [0.2, 0.25) is 0 Å². The van der Waals surface area contributed by atoms with Gasteiger partial charge in [0.05, 0.1) is 13.2 Å². The van der Waals surface area contributed by atoms with E-state index in [9.17, 15) is 4.79 Å². The van der Waals surface area contributed by atoms with Gasteiger partial charge in [-0.1, -0.05) is 0 Å². The molecule has 0 atom stereocenters. The molecule has 6 nitrogen and oxygen atoms in total. The quantitative estimate of drug-likeness (QED) is 0.288. The lowest BCUT2D eigenvalue weighted by atomic mass is 10.1. The van der Waals surface area contributed by atoms with E-state index in [1.807, 2.05) is 0 Å². The summed E-state index contributed by atoms with van der Waals surface area (Å²) in [5.41, 5.74) is 7.30. The predicted molar refractivity (Wildman–Crippen MR) is 50.2 cm³/mol. The van der Waals surface area contributed by atoms with E-state index in [-0.39, 0.29) is 13.2 Å². The Kier molecular flexibility index (Phi) is 3.24. The zero-order chi connectivity index (χ0) is 11.5. The Balaban J connectivity index is 2.55. The maximum Gasteiger partial charge on any atom is 0.414 e. The van der Waals surface area contributed by atoms with Crippen molar-refractivity contribution in [1.29, 1.82) is 0 Å². The lowest BCUT2D eigenvalue weighted by Gasteiger charge is -2.40. The first-order valence-electron chi connectivity index (χ1n) is 4.55. The summed E-state index contributed by atoms with van der Waals surface area (Å²) >= 11 is 0. The van der Waals surface area contributed by atoms with E-state index in [0.717, 1.165) is 0 Å². The molecule has 0 N–H and O–H groups in total. The first-order chi connectivity index (χ1) is 6.87. The highest BCUT2D eigenvalue weighted by molar-refractivity contribution is 6.20. The fraction of sp³-hybridized carbons (Fsp3) is 0.778. The molecule has 0 aromatic carbocycles. The Morgan fingerprint density at radius 3 is 2.40 bits per heavy atom. The molecule has 6 heteroatoms. The molecule has 0 saturated carbocycles. The van der Waals surface area contributed by atoms with E-state index >= 15 is 0 Å². The fourth-order valence-electron chi connectivity index (χ4n) is 1.11. The number of esters is 1. The van der Waals surface area contributed by atoms with Crippen LogP contribution in [0.3, 0.4) is 0 Å². The molecule has 1 heterocycles. The molecule has 1 saturated heterocycles. The molecule has 1 rings (SSSR count). The van der Waals surface area contributed by atoms with Crippen LogP contribution in [0.5, 0.6) is 0 Å². The van der Waals surface area contributed by atoms with Gasteiger partial charge in [0.25, 0.3) is 0 Å². The van der Waals surface area contributed by atoms with E-state index in [0.29, 0.717) is 6.21 Å². The minimum atomic E-state index is -0.839. The second-order valence-corrected chi connectivity index (χ2v) is 4.09. The lowest BCUT2D eigenvalue weighted by Crippen LogP contribution is -2.51. The van der Waals surface area contributed by atoms with Crippen LogP contribution in [0.4, 0.5) is 0 Å². The van der Waals surface area contributed by atoms with Crippen molar-refractivity contribution in [3.63, 3.8) is 0 Å². The smallest absolute Gasteiger partial charge is 0.414 e. The molecule has 1 fully saturated rings. The van der Waals surface area contributed by atoms with Crippen molar-refractivity contribution >= 4 is 12.2 Å². The normalized spacial score (nSPS) is 22.6. The highest BCUT2D eigenvalue weighted by Gasteiger charge is 2.39. The minimum absolute atomic E-state index is 0.241. The second-order valence-electron chi connectivity index (χ2n) is 4.09. The summed E-state index contributed by atoms with van der Waals surface area (Å²) < 4.78 is 15.7. The van der Waals surface area contributed by atoms with Crippen LogP contribution in [-0.2, 0) is 19.0 Å². The van der Waals surface area contributed by atoms with E-state index in [1.54, 1.807) is 20.8 Å². The number of carbonyl (C=O) groups excluding carboxylic acids is 1. The molecule has 0 spiro atoms. The average molecular weight is 214 g/mol. The van der Waals surface area contributed by atoms with Gasteiger partial charge < -0.3 is 19.7 Å². The third kappa shape index (κ3) is 3.43. The molecule has 0 bridgehead atoms. The van der Waals surface area contributed by atoms with Gasteiger partial charge in [-0.3, -0.25) is 0 Å². The Labute approximate surface area is 87.7 Å². The van der Waals surface area contributed by atoms with Crippen molar-refractivity contribution in [3.8, 4) is 0 Å². The van der Waals surface area contributed by atoms with Crippen molar-refractivity contribution < 1.29 is 23.8 Å². The Bertz CT molecular complexity index is 297. The van der Waals surface area contributed by atoms with Crippen LogP contribution in [0.25, 0.3) is 5.53 Å². The standard InChI is InChI=1S/C9H14N2O4/c1-8(2)13-5-9(3,6-14-8)15-7(12)4-11-10/h4H,5-6H2,1-3H3. The number of carbonyl (C=O) groups is 1. The van der Waals surface area contributed by atoms with Gasteiger partial charge in [0.2, 0.25) is 0 Å². The molecule has 0 aromatic rings. The summed E-state index contributed by atoms with van der Waals surface area (Å²) in [6.45, 7) is 5.73. The van der Waals surface area contributed by atoms with Crippen LogP contribution in [0, 0.1) is 0 Å². The van der Waals surface area contributed by atoms with Gasteiger partial charge in [0.15, 0.2) is 11.4 Å². The molecular formula is C9H14N2O4. The fourth-order valence-corrected chi connectivity index (χ4v) is 1.11. The van der Waals surface area contributed by atoms with Gasteiger partial charge >= 0.3 is 12.2 Å². The van der Waals surface area contributed by atoms with Crippen LogP contribution in [0.1, 0.15) is 20.8 Å². The zero-order valence-corrected chi connectivity index (χ0v) is 9.02. The van der Waals surface area contributed by atoms with Crippen molar-refractivity contribution in [3.05, 3.63) is 5.53 Å². The summed E-state index contributed by atoms with van der Waals surface area (Å²) in [4.78, 5) is 13.6. The predicted octanol–water partition coefficient (Wildman–Crippen LogP) is 0.372. The zero-order valence-electron chi connectivity index (χ0n) is 9.02. The third-order valence-electron chi connectivity index (χ3n) is 1.96. The molecule has 1 aliphatic heterocycles. The highest BCUT2D eigenvalue weighted by Crippen LogP contribution is 2.25. The molecule has 15 heavy (non-hydrogen) atoms. The number of hydrogen-bond acceptors (Lipinski definition) is 4. The molecule has 0 amide bonds. The topological polar surface area (TPSA) is 81.2 Å². The van der Waals surface area contributed by atoms with Gasteiger partial charge in [0.1, 0.15) is 0 Å². The van der Waals surface area contributed by atoms with Gasteiger partial charge in [-0.25, -0.2) is 4.79 Å². The van der Waals surface area contributed by atoms with Gasteiger partial charge in [-0.2, -0.15) is 4.79 Å². The summed E-state index contributed by atoms with van der Waals surface area (Å²) in [6.07, 6.45) is 0.686. The van der Waals surface area contributed by atoms with E-state index < -0.39 is 17.4 Å². The second kappa shape index (κ2) is 4.10. The maximum absolute atomic E-state index is 11.0. The molecule has 0 aliphatic carbocycles. The Hall–Kier alpha value is -1.23. The van der Waals surface area contributed by atoms with Crippen LogP contribution < -0.4 is 0 Å². The number of ether oxygens (including phenoxy) is 3. The van der Waals surface area contributed by atoms with E-state index in [1.165, 1.54) is 0 Å². The first-order valence-corrected chi connectivity index (χ1v) is 4.55. The summed E-state index contributed by atoms with van der Waals surface area (Å²) in [5, 5.41) is 0. The summed E-state index contributed by atoms with van der Waals surface area (Å²) in [6, 6.07) is 0. The molecule has 1 aliphatic rings. The van der Waals surface area contributed by atoms with Crippen molar-refractivity contribution in [2.75, 3.05) is 13.2 Å². The number of nitrogens with zero attached hydrogens (tertiary/aromatic N) is 2. The molecule has 0 radical (unpaired) electrons. The lowest BCUT2D eigenvalue weighted by molar-refractivity contribution is -0.299. The SMILES string of the molecule is CC1(OC(=O)C=[N+]=[N-])COC(C)(C)OC1. The van der Waals surface area contributed by atoms with Gasteiger partial charge in [0, 0.05) is 0 Å². The molecule has 84 valence electrons. The van der Waals surface area contributed by atoms with Gasteiger partial charge in [-0.05, 0) is 20.8 Å². The average Bonchev–Trinajstić information content (AvgIpc) is 2.12.